The summed E-state index contributed by atoms with van der Waals surface area (Å²) in [5.74, 6) is 2.96. The van der Waals surface area contributed by atoms with E-state index in [9.17, 15) is 24.3 Å². The van der Waals surface area contributed by atoms with Crippen molar-refractivity contribution in [2.24, 2.45) is 45.8 Å². The van der Waals surface area contributed by atoms with Gasteiger partial charge in [-0.2, -0.15) is 0 Å². The number of aryl methyl sites for hydroxylation is 1. The molecule has 0 bridgehead atoms. The lowest BCUT2D eigenvalue weighted by molar-refractivity contribution is -0.185. The van der Waals surface area contributed by atoms with Gasteiger partial charge in [0, 0.05) is 35.6 Å². The molecule has 8 rings (SSSR count). The van der Waals surface area contributed by atoms with Crippen molar-refractivity contribution in [3.63, 3.8) is 0 Å². The van der Waals surface area contributed by atoms with E-state index in [0.29, 0.717) is 53.7 Å². The molecule has 54 heavy (non-hydrogen) atoms. The number of hydrogen-bond donors (Lipinski definition) is 1. The van der Waals surface area contributed by atoms with Crippen LogP contribution in [0, 0.1) is 45.8 Å². The van der Waals surface area contributed by atoms with Gasteiger partial charge in [-0.1, -0.05) is 57.9 Å². The molecule has 0 aromatic heterocycles. The molecule has 7 nitrogen and oxygen atoms in total. The molecule has 7 aliphatic rings. The predicted octanol–water partition coefficient (Wildman–Crippen LogP) is 10.1. The molecule has 4 saturated carbocycles. The third kappa shape index (κ3) is 6.31. The third-order valence-electron chi connectivity index (χ3n) is 16.2. The van der Waals surface area contributed by atoms with Crippen LogP contribution in [0.15, 0.2) is 41.0 Å². The monoisotopic (exact) mass is 760 g/mol. The van der Waals surface area contributed by atoms with Crippen LogP contribution in [0.3, 0.4) is 0 Å². The number of hydrogen-bond acceptors (Lipinski definition) is 7. The Morgan fingerprint density at radius 1 is 0.907 bits per heavy atom. The van der Waals surface area contributed by atoms with Crippen LogP contribution in [0.1, 0.15) is 148 Å². The van der Waals surface area contributed by atoms with Crippen molar-refractivity contribution in [3.8, 4) is 5.75 Å². The van der Waals surface area contributed by atoms with Crippen LogP contribution < -0.4 is 0 Å². The summed E-state index contributed by atoms with van der Waals surface area (Å²) in [6.07, 6.45) is 18.0. The van der Waals surface area contributed by atoms with Gasteiger partial charge in [0.15, 0.2) is 17.2 Å². The Balaban J connectivity index is 0.000000167. The van der Waals surface area contributed by atoms with Crippen molar-refractivity contribution < 1.29 is 33.8 Å². The first-order valence-corrected chi connectivity index (χ1v) is 21.3. The van der Waals surface area contributed by atoms with E-state index in [1.165, 1.54) is 37.3 Å². The topological polar surface area (TPSA) is 107 Å². The Kier molecular flexibility index (Phi) is 10.6. The molecule has 11 atom stereocenters. The largest absolute Gasteiger partial charge is 0.508 e. The molecule has 4 fully saturated rings. The fraction of sp³-hybridized carbons (Fsp3) is 0.696. The Labute approximate surface area is 327 Å². The minimum absolute atomic E-state index is 0.00492. The number of halogens is 1. The first-order chi connectivity index (χ1) is 25.6. The minimum atomic E-state index is -1.03. The number of carbonyl (C=O) groups excluding carboxylic acids is 4. The first kappa shape index (κ1) is 39.3. The second-order valence-corrected chi connectivity index (χ2v) is 19.1. The van der Waals surface area contributed by atoms with Gasteiger partial charge in [0.1, 0.15) is 11.9 Å². The number of phenolic OH excluding ortho intramolecular Hbond substituents is 1. The van der Waals surface area contributed by atoms with Crippen molar-refractivity contribution in [2.75, 3.05) is 0 Å². The van der Waals surface area contributed by atoms with Gasteiger partial charge in [0.05, 0.1) is 0 Å². The number of allylic oxidation sites excluding steroid dienone is 4. The summed E-state index contributed by atoms with van der Waals surface area (Å²) in [5.41, 5.74) is 2.42. The zero-order valence-corrected chi connectivity index (χ0v) is 34.1. The maximum atomic E-state index is 12.7. The number of Topliss-reactive ketones (excluding diaryl/α,β-unsaturated/α-hetero) is 1. The number of ether oxygens (including phenoxy) is 2. The van der Waals surface area contributed by atoms with E-state index >= 15 is 0 Å². The molecule has 0 radical (unpaired) electrons. The minimum Gasteiger partial charge on any atom is -0.508 e. The van der Waals surface area contributed by atoms with Crippen molar-refractivity contribution in [2.45, 2.75) is 155 Å². The van der Waals surface area contributed by atoms with Crippen molar-refractivity contribution in [1.82, 2.24) is 0 Å². The number of phenols is 1. The molecule has 1 N–H and O–H groups in total. The van der Waals surface area contributed by atoms with Crippen LogP contribution in [0.4, 0.5) is 0 Å². The number of carbonyl (C=O) groups is 4. The fourth-order valence-electron chi connectivity index (χ4n) is 13.4. The molecule has 1 aromatic carbocycles. The molecule has 0 aliphatic heterocycles. The first-order valence-electron chi connectivity index (χ1n) is 20.9. The number of aromatic hydroxyl groups is 1. The van der Waals surface area contributed by atoms with Crippen LogP contribution in [0.2, 0.25) is 0 Å². The van der Waals surface area contributed by atoms with E-state index in [0.717, 1.165) is 63.4 Å². The predicted molar refractivity (Wildman–Crippen MR) is 209 cm³/mol. The van der Waals surface area contributed by atoms with Crippen LogP contribution >= 0.6 is 11.6 Å². The molecule has 0 spiro atoms. The second kappa shape index (κ2) is 14.5. The van der Waals surface area contributed by atoms with Crippen LogP contribution in [0.5, 0.6) is 5.75 Å². The van der Waals surface area contributed by atoms with Gasteiger partial charge in [-0.15, -0.1) is 0 Å². The molecule has 7 aliphatic carbocycles. The lowest BCUT2D eigenvalue weighted by Crippen LogP contribution is -2.58. The SMILES string of the molecule is CC(=O)O[C@]1(C(C)=O)CC[C@H]2[C@@H]3C=C(Cl)C4=CC(=O)CC[C@]4(C)[C@H]3CC[C@@]21C.CCCCC(=O)O[C@H]1CC[C@H]2[C@@H]3CCc4cc(O)ccc4[C@H]3CC[C@]12C. The van der Waals surface area contributed by atoms with Gasteiger partial charge in [-0.05, 0) is 160 Å². The van der Waals surface area contributed by atoms with E-state index in [2.05, 4.69) is 39.8 Å². The number of fused-ring (bicyclic) bond motifs is 10. The highest BCUT2D eigenvalue weighted by atomic mass is 35.5. The highest BCUT2D eigenvalue weighted by molar-refractivity contribution is 6.32. The van der Waals surface area contributed by atoms with Gasteiger partial charge >= 0.3 is 11.9 Å². The molecule has 1 aromatic rings. The summed E-state index contributed by atoms with van der Waals surface area (Å²) >= 11 is 6.71. The van der Waals surface area contributed by atoms with E-state index < -0.39 is 5.60 Å². The number of ketones is 2. The normalized spacial score (nSPS) is 40.1. The third-order valence-corrected chi connectivity index (χ3v) is 16.5. The Bertz CT molecular complexity index is 1760. The number of esters is 2. The smallest absolute Gasteiger partial charge is 0.306 e. The Hall–Kier alpha value is -2.93. The maximum absolute atomic E-state index is 12.7. The van der Waals surface area contributed by atoms with Crippen molar-refractivity contribution >= 4 is 35.1 Å². The average Bonchev–Trinajstić information content (AvgIpc) is 3.61. The number of unbranched alkanes of at least 4 members (excludes halogenated alkanes) is 1. The van der Waals surface area contributed by atoms with Gasteiger partial charge in [-0.25, -0.2) is 0 Å². The van der Waals surface area contributed by atoms with Gasteiger partial charge < -0.3 is 14.6 Å². The summed E-state index contributed by atoms with van der Waals surface area (Å²) < 4.78 is 11.8. The second-order valence-electron chi connectivity index (χ2n) is 18.7. The molecule has 0 saturated heterocycles. The summed E-state index contributed by atoms with van der Waals surface area (Å²) in [4.78, 5) is 48.9. The maximum Gasteiger partial charge on any atom is 0.306 e. The zero-order chi connectivity index (χ0) is 38.8. The molecule has 0 amide bonds. The molecular formula is C46H61ClO7. The van der Waals surface area contributed by atoms with Gasteiger partial charge in [0.25, 0.3) is 0 Å². The summed E-state index contributed by atoms with van der Waals surface area (Å²) in [6, 6.07) is 5.97. The van der Waals surface area contributed by atoms with E-state index in [1.54, 1.807) is 13.0 Å². The van der Waals surface area contributed by atoms with Gasteiger partial charge in [-0.3, -0.25) is 19.2 Å². The van der Waals surface area contributed by atoms with Crippen LogP contribution in [-0.4, -0.2) is 40.3 Å². The van der Waals surface area contributed by atoms with E-state index in [-0.39, 0.29) is 57.7 Å². The summed E-state index contributed by atoms with van der Waals surface area (Å²) in [6.45, 7) is 11.8. The van der Waals surface area contributed by atoms with E-state index in [1.807, 2.05) is 12.1 Å². The van der Waals surface area contributed by atoms with Crippen molar-refractivity contribution in [3.05, 3.63) is 52.1 Å². The van der Waals surface area contributed by atoms with Crippen LogP contribution in [-0.2, 0) is 35.1 Å². The molecule has 294 valence electrons. The Morgan fingerprint density at radius 2 is 1.67 bits per heavy atom. The quantitative estimate of drug-likeness (QED) is 0.288. The zero-order valence-electron chi connectivity index (χ0n) is 33.3. The summed E-state index contributed by atoms with van der Waals surface area (Å²) in [7, 11) is 0. The highest BCUT2D eigenvalue weighted by Crippen LogP contribution is 2.68. The average molecular weight is 761 g/mol. The standard InChI is InChI=1S/C23H29ClO4.C23H32O3/c1-13(25)23(28-14(2)26)10-7-18-16-12-20(24)19-11-15(27)5-8-21(19,3)17(16)6-9-22(18,23)4;1-3-4-5-22(25)26-21-11-10-20-19-8-6-15-14-16(24)7-9-17(15)18(19)12-13-23(20,21)2/h11-12,16-18H,5-10H2,1-4H3;7,9,14,18-21,24H,3-6,8,10-13H2,1-2H3/t16-,17+,18+,21-,22+,23+;18-,19-,20+,21+,23+/m11/s1. The number of benzene rings is 1. The molecular weight excluding hydrogens is 700 g/mol. The lowest BCUT2D eigenvalue weighted by atomic mass is 9.48. The molecule has 0 unspecified atom stereocenters. The van der Waals surface area contributed by atoms with Crippen molar-refractivity contribution in [1.29, 1.82) is 0 Å². The number of rotatable bonds is 6. The lowest BCUT2D eigenvalue weighted by Gasteiger charge is -2.57. The molecule has 8 heteroatoms. The summed E-state index contributed by atoms with van der Waals surface area (Å²) in [5, 5.41) is 10.5. The van der Waals surface area contributed by atoms with Gasteiger partial charge in [0.2, 0.25) is 0 Å². The van der Waals surface area contributed by atoms with E-state index in [4.69, 9.17) is 21.1 Å². The Morgan fingerprint density at radius 3 is 2.39 bits per heavy atom. The highest BCUT2D eigenvalue weighted by Gasteiger charge is 2.67. The fourth-order valence-corrected chi connectivity index (χ4v) is 13.8. The molecule has 0 heterocycles. The van der Waals surface area contributed by atoms with Crippen LogP contribution in [0.25, 0.3) is 0 Å².